The number of benzene rings is 1. The Bertz CT molecular complexity index is 662. The van der Waals surface area contributed by atoms with E-state index in [4.69, 9.17) is 9.26 Å². The highest BCUT2D eigenvalue weighted by molar-refractivity contribution is 5.80. The number of hydrogen-bond donors (Lipinski definition) is 1. The molecule has 2 rings (SSSR count). The lowest BCUT2D eigenvalue weighted by Crippen LogP contribution is -2.36. The summed E-state index contributed by atoms with van der Waals surface area (Å²) in [5.41, 5.74) is 0.828. The summed E-state index contributed by atoms with van der Waals surface area (Å²) >= 11 is 0. The van der Waals surface area contributed by atoms with E-state index in [1.807, 2.05) is 58.0 Å². The molecule has 0 aliphatic heterocycles. The topological polar surface area (TPSA) is 77.2 Å². The minimum absolute atomic E-state index is 0.197. The first-order chi connectivity index (χ1) is 11.3. The predicted octanol–water partition coefficient (Wildman–Crippen LogP) is 3.15. The van der Waals surface area contributed by atoms with Crippen LogP contribution in [0.25, 0.3) is 0 Å². The molecule has 6 heteroatoms. The molecule has 0 saturated heterocycles. The van der Waals surface area contributed by atoms with Crippen molar-refractivity contribution < 1.29 is 14.1 Å². The molecule has 0 aliphatic carbocycles. The van der Waals surface area contributed by atoms with Crippen LogP contribution in [0.1, 0.15) is 57.9 Å². The average molecular weight is 331 g/mol. The normalized spacial score (nSPS) is 14.2. The Kier molecular flexibility index (Phi) is 5.72. The summed E-state index contributed by atoms with van der Waals surface area (Å²) < 4.78 is 10.9. The lowest BCUT2D eigenvalue weighted by atomic mass is 9.96. The molecule has 1 aromatic carbocycles. The Morgan fingerprint density at radius 1 is 1.25 bits per heavy atom. The van der Waals surface area contributed by atoms with Gasteiger partial charge in [-0.05, 0) is 19.4 Å². The van der Waals surface area contributed by atoms with Crippen LogP contribution in [0.4, 0.5) is 0 Å². The standard InChI is InChI=1S/C18H25N3O3/c1-12(16-20-17(21-24-16)18(3,4)5)19-15(22)13(2)23-11-14-9-7-6-8-10-14/h6-10,12-13H,11H2,1-5H3,(H,19,22)/t12-,13-/m1/s1. The van der Waals surface area contributed by atoms with Gasteiger partial charge in [0, 0.05) is 5.41 Å². The molecule has 0 spiro atoms. The second kappa shape index (κ2) is 7.57. The molecule has 0 unspecified atom stereocenters. The summed E-state index contributed by atoms with van der Waals surface area (Å²) in [5, 5.41) is 6.80. The lowest BCUT2D eigenvalue weighted by Gasteiger charge is -2.16. The number of carbonyl (C=O) groups excluding carboxylic acids is 1. The quantitative estimate of drug-likeness (QED) is 0.880. The smallest absolute Gasteiger partial charge is 0.249 e. The van der Waals surface area contributed by atoms with Crippen LogP contribution < -0.4 is 5.32 Å². The molecule has 0 saturated carbocycles. The van der Waals surface area contributed by atoms with E-state index in [0.29, 0.717) is 18.3 Å². The Labute approximate surface area is 142 Å². The van der Waals surface area contributed by atoms with Gasteiger partial charge < -0.3 is 14.6 Å². The van der Waals surface area contributed by atoms with Crippen molar-refractivity contribution >= 4 is 5.91 Å². The molecule has 0 bridgehead atoms. The Morgan fingerprint density at radius 3 is 2.50 bits per heavy atom. The third-order valence-corrected chi connectivity index (χ3v) is 3.55. The van der Waals surface area contributed by atoms with Gasteiger partial charge in [-0.25, -0.2) is 0 Å². The summed E-state index contributed by atoms with van der Waals surface area (Å²) in [6.07, 6.45) is -0.572. The molecular formula is C18H25N3O3. The second-order valence-corrected chi connectivity index (χ2v) is 6.88. The molecule has 0 aliphatic rings. The van der Waals surface area contributed by atoms with Crippen LogP contribution in [0.3, 0.4) is 0 Å². The van der Waals surface area contributed by atoms with Gasteiger partial charge in [0.15, 0.2) is 5.82 Å². The summed E-state index contributed by atoms with van der Waals surface area (Å²) in [5.74, 6) is 0.796. The highest BCUT2D eigenvalue weighted by atomic mass is 16.5. The van der Waals surface area contributed by atoms with Crippen molar-refractivity contribution in [3.05, 3.63) is 47.6 Å². The van der Waals surface area contributed by atoms with Gasteiger partial charge in [-0.3, -0.25) is 4.79 Å². The lowest BCUT2D eigenvalue weighted by molar-refractivity contribution is -0.133. The molecule has 24 heavy (non-hydrogen) atoms. The van der Waals surface area contributed by atoms with E-state index >= 15 is 0 Å². The highest BCUT2D eigenvalue weighted by Crippen LogP contribution is 2.20. The van der Waals surface area contributed by atoms with Gasteiger partial charge in [0.25, 0.3) is 0 Å². The monoisotopic (exact) mass is 331 g/mol. The Hall–Kier alpha value is -2.21. The van der Waals surface area contributed by atoms with Gasteiger partial charge in [-0.15, -0.1) is 0 Å². The van der Waals surface area contributed by atoms with Crippen molar-refractivity contribution in [2.45, 2.75) is 58.8 Å². The maximum Gasteiger partial charge on any atom is 0.249 e. The minimum Gasteiger partial charge on any atom is -0.364 e. The van der Waals surface area contributed by atoms with Crippen LogP contribution in [-0.4, -0.2) is 22.2 Å². The molecule has 6 nitrogen and oxygen atoms in total. The molecule has 1 N–H and O–H groups in total. The molecule has 130 valence electrons. The number of rotatable bonds is 6. The molecule has 2 atom stereocenters. The predicted molar refractivity (Wildman–Crippen MR) is 90.2 cm³/mol. The first-order valence-corrected chi connectivity index (χ1v) is 8.07. The van der Waals surface area contributed by atoms with Crippen molar-refractivity contribution in [3.8, 4) is 0 Å². The number of nitrogens with one attached hydrogen (secondary N) is 1. The van der Waals surface area contributed by atoms with Crippen molar-refractivity contribution in [1.29, 1.82) is 0 Å². The minimum atomic E-state index is -0.572. The molecule has 1 aromatic heterocycles. The number of ether oxygens (including phenoxy) is 1. The van der Waals surface area contributed by atoms with E-state index in [0.717, 1.165) is 5.56 Å². The van der Waals surface area contributed by atoms with Crippen LogP contribution in [-0.2, 0) is 21.6 Å². The van der Waals surface area contributed by atoms with Crippen LogP contribution in [0.2, 0.25) is 0 Å². The van der Waals surface area contributed by atoms with E-state index in [9.17, 15) is 4.79 Å². The Balaban J connectivity index is 1.87. The Morgan fingerprint density at radius 2 is 1.92 bits per heavy atom. The van der Waals surface area contributed by atoms with Crippen molar-refractivity contribution in [1.82, 2.24) is 15.5 Å². The number of carbonyl (C=O) groups is 1. The maximum atomic E-state index is 12.2. The zero-order valence-corrected chi connectivity index (χ0v) is 14.9. The van der Waals surface area contributed by atoms with Gasteiger partial charge in [0.2, 0.25) is 11.8 Å². The van der Waals surface area contributed by atoms with E-state index in [2.05, 4.69) is 15.5 Å². The summed E-state index contributed by atoms with van der Waals surface area (Å²) in [7, 11) is 0. The molecule has 0 radical (unpaired) electrons. The summed E-state index contributed by atoms with van der Waals surface area (Å²) in [6.45, 7) is 9.93. The second-order valence-electron chi connectivity index (χ2n) is 6.88. The van der Waals surface area contributed by atoms with Gasteiger partial charge >= 0.3 is 0 Å². The molecule has 1 amide bonds. The van der Waals surface area contributed by atoms with Gasteiger partial charge in [0.1, 0.15) is 12.1 Å². The third kappa shape index (κ3) is 4.89. The molecule has 1 heterocycles. The highest BCUT2D eigenvalue weighted by Gasteiger charge is 2.25. The van der Waals surface area contributed by atoms with Gasteiger partial charge in [0.05, 0.1) is 6.61 Å². The fraction of sp³-hybridized carbons (Fsp3) is 0.500. The van der Waals surface area contributed by atoms with Gasteiger partial charge in [-0.1, -0.05) is 56.3 Å². The van der Waals surface area contributed by atoms with Gasteiger partial charge in [-0.2, -0.15) is 4.98 Å². The van der Waals surface area contributed by atoms with E-state index < -0.39 is 6.10 Å². The molecule has 0 fully saturated rings. The van der Waals surface area contributed by atoms with Crippen LogP contribution >= 0.6 is 0 Å². The maximum absolute atomic E-state index is 12.2. The van der Waals surface area contributed by atoms with E-state index in [1.165, 1.54) is 0 Å². The summed E-state index contributed by atoms with van der Waals surface area (Å²) in [4.78, 5) is 16.6. The number of hydrogen-bond acceptors (Lipinski definition) is 5. The number of nitrogens with zero attached hydrogens (tertiary/aromatic N) is 2. The fourth-order valence-electron chi connectivity index (χ4n) is 1.98. The van der Waals surface area contributed by atoms with E-state index in [-0.39, 0.29) is 17.4 Å². The zero-order valence-electron chi connectivity index (χ0n) is 14.9. The zero-order chi connectivity index (χ0) is 17.7. The molecule has 2 aromatic rings. The van der Waals surface area contributed by atoms with Crippen molar-refractivity contribution in [3.63, 3.8) is 0 Å². The van der Waals surface area contributed by atoms with Crippen molar-refractivity contribution in [2.75, 3.05) is 0 Å². The fourth-order valence-corrected chi connectivity index (χ4v) is 1.98. The first-order valence-electron chi connectivity index (χ1n) is 8.07. The van der Waals surface area contributed by atoms with E-state index in [1.54, 1.807) is 6.92 Å². The number of aromatic nitrogens is 2. The van der Waals surface area contributed by atoms with Crippen molar-refractivity contribution in [2.24, 2.45) is 0 Å². The first kappa shape index (κ1) is 18.1. The van der Waals surface area contributed by atoms with Crippen LogP contribution in [0.5, 0.6) is 0 Å². The average Bonchev–Trinajstić information content (AvgIpc) is 3.04. The third-order valence-electron chi connectivity index (χ3n) is 3.55. The van der Waals surface area contributed by atoms with Crippen LogP contribution in [0.15, 0.2) is 34.9 Å². The SMILES string of the molecule is C[C@@H](OCc1ccccc1)C(=O)N[C@H](C)c1nc(C(C)(C)C)no1. The number of amides is 1. The van der Waals surface area contributed by atoms with Crippen LogP contribution in [0, 0.1) is 0 Å². The largest absolute Gasteiger partial charge is 0.364 e. The molecular weight excluding hydrogens is 306 g/mol. The summed E-state index contributed by atoms with van der Waals surface area (Å²) in [6, 6.07) is 9.36.